The fourth-order valence-corrected chi connectivity index (χ4v) is 4.93. The van der Waals surface area contributed by atoms with E-state index in [4.69, 9.17) is 0 Å². The van der Waals surface area contributed by atoms with Gasteiger partial charge in [0.2, 0.25) is 0 Å². The number of anilines is 1. The van der Waals surface area contributed by atoms with Gasteiger partial charge in [0.15, 0.2) is 17.5 Å². The number of nitrogens with one attached hydrogen (secondary N) is 2. The molecule has 3 aliphatic rings. The SMILES string of the molecule is O=C(O)[C@H]1C2CCC(CC2)[C@@H]1Nc1nc(-c2c[nH]c3ncc(F)cc23)ncc1F. The Balaban J connectivity index is 1.51. The van der Waals surface area contributed by atoms with E-state index in [1.54, 1.807) is 6.20 Å². The number of aromatic nitrogens is 4. The number of carboxylic acid groups (broad SMARTS) is 1. The van der Waals surface area contributed by atoms with Crippen molar-refractivity contribution in [3.05, 3.63) is 36.3 Å². The summed E-state index contributed by atoms with van der Waals surface area (Å²) in [7, 11) is 0. The Morgan fingerprint density at radius 3 is 2.66 bits per heavy atom. The van der Waals surface area contributed by atoms with Crippen molar-refractivity contribution in [2.75, 3.05) is 5.32 Å². The van der Waals surface area contributed by atoms with Crippen molar-refractivity contribution in [3.8, 4) is 11.4 Å². The highest BCUT2D eigenvalue weighted by Gasteiger charge is 2.47. The molecule has 0 aromatic carbocycles. The molecule has 0 spiro atoms. The maximum atomic E-state index is 14.5. The summed E-state index contributed by atoms with van der Waals surface area (Å²) in [4.78, 5) is 27.1. The molecule has 3 aromatic heterocycles. The average Bonchev–Trinajstić information content (AvgIpc) is 3.13. The van der Waals surface area contributed by atoms with Gasteiger partial charge in [0, 0.05) is 23.2 Å². The number of carbonyl (C=O) groups is 1. The van der Waals surface area contributed by atoms with Crippen LogP contribution in [0.1, 0.15) is 25.7 Å². The third-order valence-corrected chi connectivity index (χ3v) is 6.29. The van der Waals surface area contributed by atoms with Crippen LogP contribution in [0, 0.1) is 29.4 Å². The Morgan fingerprint density at radius 1 is 1.14 bits per heavy atom. The van der Waals surface area contributed by atoms with Gasteiger partial charge in [-0.05, 0) is 43.6 Å². The zero-order valence-electron chi connectivity index (χ0n) is 15.4. The minimum atomic E-state index is -0.857. The van der Waals surface area contributed by atoms with Gasteiger partial charge in [-0.2, -0.15) is 0 Å². The van der Waals surface area contributed by atoms with Gasteiger partial charge in [-0.1, -0.05) is 0 Å². The van der Waals surface area contributed by atoms with Crippen LogP contribution in [0.3, 0.4) is 0 Å². The highest BCUT2D eigenvalue weighted by Crippen LogP contribution is 2.46. The molecule has 3 N–H and O–H groups in total. The molecular formula is C20H19F2N5O2. The molecule has 2 atom stereocenters. The van der Waals surface area contributed by atoms with E-state index < -0.39 is 23.5 Å². The minimum Gasteiger partial charge on any atom is -0.481 e. The summed E-state index contributed by atoms with van der Waals surface area (Å²) in [5.74, 6) is -2.12. The molecule has 3 fully saturated rings. The number of fused-ring (bicyclic) bond motifs is 4. The van der Waals surface area contributed by atoms with Crippen LogP contribution in [0.25, 0.3) is 22.4 Å². The molecule has 29 heavy (non-hydrogen) atoms. The molecule has 3 aromatic rings. The molecule has 0 unspecified atom stereocenters. The first kappa shape index (κ1) is 18.0. The molecule has 3 saturated carbocycles. The van der Waals surface area contributed by atoms with Crippen LogP contribution in [-0.4, -0.2) is 37.1 Å². The number of rotatable bonds is 4. The molecule has 7 nitrogen and oxygen atoms in total. The average molecular weight is 399 g/mol. The Hall–Kier alpha value is -3.10. The lowest BCUT2D eigenvalue weighted by Crippen LogP contribution is -2.51. The van der Waals surface area contributed by atoms with E-state index in [0.29, 0.717) is 16.6 Å². The second-order valence-corrected chi connectivity index (χ2v) is 7.85. The van der Waals surface area contributed by atoms with E-state index in [1.165, 1.54) is 6.07 Å². The molecule has 150 valence electrons. The largest absolute Gasteiger partial charge is 0.481 e. The number of halogens is 2. The molecule has 6 rings (SSSR count). The summed E-state index contributed by atoms with van der Waals surface area (Å²) in [6.45, 7) is 0. The van der Waals surface area contributed by atoms with Gasteiger partial charge in [0.25, 0.3) is 0 Å². The number of carboxylic acids is 1. The normalized spacial score (nSPS) is 26.0. The maximum absolute atomic E-state index is 14.5. The van der Waals surface area contributed by atoms with Gasteiger partial charge in [0.1, 0.15) is 11.5 Å². The van der Waals surface area contributed by atoms with Crippen molar-refractivity contribution in [1.29, 1.82) is 0 Å². The second-order valence-electron chi connectivity index (χ2n) is 7.85. The van der Waals surface area contributed by atoms with Crippen LogP contribution in [0.5, 0.6) is 0 Å². The molecule has 0 aliphatic heterocycles. The fraction of sp³-hybridized carbons (Fsp3) is 0.400. The molecule has 0 saturated heterocycles. The van der Waals surface area contributed by atoms with Gasteiger partial charge in [-0.25, -0.2) is 23.7 Å². The lowest BCUT2D eigenvalue weighted by Gasteiger charge is -2.47. The number of H-pyrrole nitrogens is 1. The summed E-state index contributed by atoms with van der Waals surface area (Å²) >= 11 is 0. The number of hydrogen-bond acceptors (Lipinski definition) is 5. The molecule has 0 radical (unpaired) electrons. The number of pyridine rings is 1. The maximum Gasteiger partial charge on any atom is 0.308 e. The van der Waals surface area contributed by atoms with Crippen LogP contribution >= 0.6 is 0 Å². The zero-order valence-corrected chi connectivity index (χ0v) is 15.4. The Labute approximate surface area is 164 Å². The summed E-state index contributed by atoms with van der Waals surface area (Å²) in [6.07, 6.45) is 7.39. The number of nitrogens with zero attached hydrogens (tertiary/aromatic N) is 3. The topological polar surface area (TPSA) is 104 Å². The number of aliphatic carboxylic acids is 1. The van der Waals surface area contributed by atoms with E-state index in [0.717, 1.165) is 38.1 Å². The Kier molecular flexibility index (Phi) is 4.18. The third kappa shape index (κ3) is 3.01. The van der Waals surface area contributed by atoms with Gasteiger partial charge >= 0.3 is 5.97 Å². The highest BCUT2D eigenvalue weighted by molar-refractivity contribution is 5.91. The van der Waals surface area contributed by atoms with Crippen molar-refractivity contribution in [2.24, 2.45) is 17.8 Å². The van der Waals surface area contributed by atoms with Crippen LogP contribution in [0.4, 0.5) is 14.6 Å². The van der Waals surface area contributed by atoms with Crippen molar-refractivity contribution >= 4 is 22.8 Å². The third-order valence-electron chi connectivity index (χ3n) is 6.29. The zero-order chi connectivity index (χ0) is 20.1. The lowest BCUT2D eigenvalue weighted by atomic mass is 9.61. The first-order valence-electron chi connectivity index (χ1n) is 9.66. The molecule has 0 amide bonds. The summed E-state index contributed by atoms with van der Waals surface area (Å²) < 4.78 is 28.1. The van der Waals surface area contributed by atoms with Crippen LogP contribution in [-0.2, 0) is 4.79 Å². The van der Waals surface area contributed by atoms with Crippen LogP contribution < -0.4 is 5.32 Å². The van der Waals surface area contributed by atoms with Gasteiger partial charge in [-0.3, -0.25) is 4.79 Å². The molecule has 3 heterocycles. The fourth-order valence-electron chi connectivity index (χ4n) is 4.93. The van der Waals surface area contributed by atoms with Gasteiger partial charge < -0.3 is 15.4 Å². The molecule has 3 aliphatic carbocycles. The van der Waals surface area contributed by atoms with Gasteiger partial charge in [-0.15, -0.1) is 0 Å². The monoisotopic (exact) mass is 399 g/mol. The number of hydrogen-bond donors (Lipinski definition) is 3. The second kappa shape index (κ2) is 6.75. The van der Waals surface area contributed by atoms with E-state index in [2.05, 4.69) is 25.3 Å². The minimum absolute atomic E-state index is 0.0301. The quantitative estimate of drug-likeness (QED) is 0.619. The van der Waals surface area contributed by atoms with Crippen molar-refractivity contribution in [2.45, 2.75) is 31.7 Å². The van der Waals surface area contributed by atoms with Crippen molar-refractivity contribution in [1.82, 2.24) is 19.9 Å². The standard InChI is InChI=1S/C20H19F2N5O2/c21-11-5-12-13(7-24-17(12)23-6-11)18-25-8-14(22)19(27-18)26-16-10-3-1-9(2-4-10)15(16)20(28)29/h5-10,15-16H,1-4H2,(H,23,24)(H,28,29)(H,25,26,27)/t9?,10?,15-,16-/m0/s1. The van der Waals surface area contributed by atoms with Crippen molar-refractivity contribution in [3.63, 3.8) is 0 Å². The molecule has 2 bridgehead atoms. The summed E-state index contributed by atoms with van der Waals surface area (Å²) in [5, 5.41) is 13.3. The highest BCUT2D eigenvalue weighted by atomic mass is 19.1. The summed E-state index contributed by atoms with van der Waals surface area (Å²) in [6, 6.07) is 0.938. The Morgan fingerprint density at radius 2 is 1.90 bits per heavy atom. The summed E-state index contributed by atoms with van der Waals surface area (Å²) in [5.41, 5.74) is 0.967. The lowest BCUT2D eigenvalue weighted by molar-refractivity contribution is -0.148. The van der Waals surface area contributed by atoms with Crippen LogP contribution in [0.2, 0.25) is 0 Å². The number of aromatic amines is 1. The smallest absolute Gasteiger partial charge is 0.308 e. The first-order valence-corrected chi connectivity index (χ1v) is 9.66. The molecule has 9 heteroatoms. The first-order chi connectivity index (χ1) is 14.0. The van der Waals surface area contributed by atoms with E-state index in [1.807, 2.05) is 0 Å². The van der Waals surface area contributed by atoms with E-state index >= 15 is 0 Å². The van der Waals surface area contributed by atoms with E-state index in [-0.39, 0.29) is 29.5 Å². The van der Waals surface area contributed by atoms with E-state index in [9.17, 15) is 18.7 Å². The predicted octanol–water partition coefficient (Wildman–Crippen LogP) is 3.60. The Bertz CT molecular complexity index is 1090. The van der Waals surface area contributed by atoms with Gasteiger partial charge in [0.05, 0.1) is 18.3 Å². The van der Waals surface area contributed by atoms with Crippen LogP contribution in [0.15, 0.2) is 24.7 Å². The van der Waals surface area contributed by atoms with Crippen molar-refractivity contribution < 1.29 is 18.7 Å². The molecular weight excluding hydrogens is 380 g/mol. The predicted molar refractivity (Wildman–Crippen MR) is 101 cm³/mol.